The van der Waals surface area contributed by atoms with Crippen LogP contribution in [0.15, 0.2) is 24.3 Å². The van der Waals surface area contributed by atoms with Gasteiger partial charge in [-0.25, -0.2) is 0 Å². The van der Waals surface area contributed by atoms with Gasteiger partial charge in [0.25, 0.3) is 0 Å². The molecule has 100 valence electrons. The van der Waals surface area contributed by atoms with E-state index in [2.05, 4.69) is 4.52 Å². The van der Waals surface area contributed by atoms with Crippen LogP contribution in [0.25, 0.3) is 0 Å². The van der Waals surface area contributed by atoms with Crippen molar-refractivity contribution in [1.29, 1.82) is 0 Å². The number of benzene rings is 1. The van der Waals surface area contributed by atoms with Crippen molar-refractivity contribution in [3.05, 3.63) is 24.3 Å². The minimum Gasteiger partial charge on any atom is -0.368 e. The van der Waals surface area contributed by atoms with Crippen molar-refractivity contribution in [2.24, 2.45) is 0 Å². The van der Waals surface area contributed by atoms with Crippen LogP contribution in [0.5, 0.6) is 11.5 Å². The van der Waals surface area contributed by atoms with E-state index in [9.17, 15) is 9.67 Å². The molecule has 1 aliphatic heterocycles. The minimum absolute atomic E-state index is 0.219. The fourth-order valence-corrected chi connectivity index (χ4v) is 1.85. The van der Waals surface area contributed by atoms with Gasteiger partial charge in [-0.15, -0.1) is 0 Å². The normalized spacial score (nSPS) is 17.7. The van der Waals surface area contributed by atoms with Crippen LogP contribution in [0.2, 0.25) is 0 Å². The Balaban J connectivity index is 1.69. The molecule has 0 bridgehead atoms. The van der Waals surface area contributed by atoms with Gasteiger partial charge in [-0.05, 0) is 18.6 Å². The summed E-state index contributed by atoms with van der Waals surface area (Å²) in [5.41, 5.74) is 0. The third kappa shape index (κ3) is 3.69. The van der Waals surface area contributed by atoms with Crippen molar-refractivity contribution in [3.63, 3.8) is 0 Å². The molecule has 0 amide bonds. The van der Waals surface area contributed by atoms with Crippen molar-refractivity contribution in [2.45, 2.75) is 19.1 Å². The quantitative estimate of drug-likeness (QED) is 0.593. The number of hydrogen-bond acceptors (Lipinski definition) is 6. The Labute approximate surface area is 104 Å². The SMILES string of the molecule is O=[PH](O)OC(O)CCCN1Oc2ccccc2O1. The van der Waals surface area contributed by atoms with Crippen molar-refractivity contribution >= 4 is 8.25 Å². The van der Waals surface area contributed by atoms with Crippen LogP contribution in [0.4, 0.5) is 0 Å². The number of rotatable bonds is 6. The predicted molar refractivity (Wildman–Crippen MR) is 62.0 cm³/mol. The summed E-state index contributed by atoms with van der Waals surface area (Å²) in [6, 6.07) is 7.24. The third-order valence-electron chi connectivity index (χ3n) is 2.28. The first-order valence-corrected chi connectivity index (χ1v) is 6.71. The lowest BCUT2D eigenvalue weighted by molar-refractivity contribution is -0.227. The largest absolute Gasteiger partial charge is 0.368 e. The van der Waals surface area contributed by atoms with Crippen LogP contribution in [-0.2, 0) is 9.09 Å². The molecule has 2 rings (SSSR count). The lowest BCUT2D eigenvalue weighted by Gasteiger charge is -2.13. The predicted octanol–water partition coefficient (Wildman–Crippen LogP) is 1.09. The fourth-order valence-electron chi connectivity index (χ4n) is 1.50. The average Bonchev–Trinajstić information content (AvgIpc) is 2.70. The molecule has 1 aliphatic rings. The second kappa shape index (κ2) is 6.17. The molecule has 7 nitrogen and oxygen atoms in total. The highest BCUT2D eigenvalue weighted by Crippen LogP contribution is 2.33. The second-order valence-electron chi connectivity index (χ2n) is 3.67. The molecule has 1 heterocycles. The van der Waals surface area contributed by atoms with Crippen LogP contribution in [-0.4, -0.2) is 28.1 Å². The first kappa shape index (κ1) is 13.3. The zero-order valence-corrected chi connectivity index (χ0v) is 10.5. The second-order valence-corrected chi connectivity index (χ2v) is 4.43. The van der Waals surface area contributed by atoms with Crippen LogP contribution in [0, 0.1) is 0 Å². The van der Waals surface area contributed by atoms with E-state index in [0.29, 0.717) is 24.5 Å². The van der Waals surface area contributed by atoms with E-state index in [1.54, 1.807) is 12.1 Å². The van der Waals surface area contributed by atoms with Crippen LogP contribution >= 0.6 is 8.25 Å². The molecule has 0 spiro atoms. The molecule has 18 heavy (non-hydrogen) atoms. The van der Waals surface area contributed by atoms with E-state index in [-0.39, 0.29) is 6.42 Å². The molecule has 0 aliphatic carbocycles. The van der Waals surface area contributed by atoms with Gasteiger partial charge < -0.3 is 19.7 Å². The number of aliphatic hydroxyl groups is 1. The van der Waals surface area contributed by atoms with Gasteiger partial charge >= 0.3 is 8.25 Å². The summed E-state index contributed by atoms with van der Waals surface area (Å²) >= 11 is 0. The Morgan fingerprint density at radius 2 is 1.94 bits per heavy atom. The highest BCUT2D eigenvalue weighted by molar-refractivity contribution is 7.32. The number of fused-ring (bicyclic) bond motifs is 1. The van der Waals surface area contributed by atoms with Gasteiger partial charge in [0, 0.05) is 11.6 Å². The first-order chi connectivity index (χ1) is 8.65. The molecular formula is C10H14NO6P. The average molecular weight is 275 g/mol. The van der Waals surface area contributed by atoms with E-state index in [0.717, 1.165) is 0 Å². The van der Waals surface area contributed by atoms with Gasteiger partial charge in [0.05, 0.1) is 6.54 Å². The van der Waals surface area contributed by atoms with Gasteiger partial charge in [-0.2, -0.15) is 0 Å². The number of nitrogens with zero attached hydrogens (tertiary/aromatic N) is 1. The minimum atomic E-state index is -3.10. The maximum absolute atomic E-state index is 10.3. The van der Waals surface area contributed by atoms with Gasteiger partial charge in [0.2, 0.25) is 0 Å². The molecule has 0 saturated carbocycles. The van der Waals surface area contributed by atoms with E-state index in [1.165, 1.54) is 5.23 Å². The van der Waals surface area contributed by atoms with E-state index >= 15 is 0 Å². The maximum Gasteiger partial charge on any atom is 0.318 e. The summed E-state index contributed by atoms with van der Waals surface area (Å²) in [7, 11) is -3.10. The summed E-state index contributed by atoms with van der Waals surface area (Å²) in [6.07, 6.45) is -0.535. The van der Waals surface area contributed by atoms with E-state index in [1.807, 2.05) is 12.1 Å². The van der Waals surface area contributed by atoms with Gasteiger partial charge in [-0.3, -0.25) is 9.09 Å². The van der Waals surface area contributed by atoms with Crippen molar-refractivity contribution in [3.8, 4) is 11.5 Å². The molecule has 0 radical (unpaired) electrons. The Bertz CT molecular complexity index is 404. The molecule has 0 saturated heterocycles. The Kier molecular flexibility index (Phi) is 4.57. The molecule has 8 heteroatoms. The molecule has 2 N–H and O–H groups in total. The summed E-state index contributed by atoms with van der Waals surface area (Å²) < 4.78 is 14.7. The third-order valence-corrected chi connectivity index (χ3v) is 2.75. The van der Waals surface area contributed by atoms with E-state index < -0.39 is 14.5 Å². The van der Waals surface area contributed by atoms with Crippen molar-refractivity contribution in [1.82, 2.24) is 5.23 Å². The lowest BCUT2D eigenvalue weighted by atomic mass is 10.3. The smallest absolute Gasteiger partial charge is 0.318 e. The van der Waals surface area contributed by atoms with Crippen molar-refractivity contribution in [2.75, 3.05) is 6.54 Å². The lowest BCUT2D eigenvalue weighted by Crippen LogP contribution is -2.27. The Morgan fingerprint density at radius 3 is 2.50 bits per heavy atom. The fraction of sp³-hybridized carbons (Fsp3) is 0.400. The number of hydrogen-bond donors (Lipinski definition) is 2. The van der Waals surface area contributed by atoms with Gasteiger partial charge in [-0.1, -0.05) is 12.1 Å². The zero-order chi connectivity index (χ0) is 13.0. The molecule has 2 unspecified atom stereocenters. The van der Waals surface area contributed by atoms with Crippen molar-refractivity contribution < 1.29 is 28.8 Å². The summed E-state index contributed by atoms with van der Waals surface area (Å²) in [6.45, 7) is 0.404. The van der Waals surface area contributed by atoms with Gasteiger partial charge in [0.15, 0.2) is 17.8 Å². The summed E-state index contributed by atoms with van der Waals surface area (Å²) in [5, 5.41) is 10.5. The number of hydroxylamine groups is 2. The van der Waals surface area contributed by atoms with Crippen LogP contribution in [0.3, 0.4) is 0 Å². The summed E-state index contributed by atoms with van der Waals surface area (Å²) in [4.78, 5) is 19.2. The van der Waals surface area contributed by atoms with Gasteiger partial charge in [0.1, 0.15) is 0 Å². The molecule has 1 aromatic rings. The highest BCUT2D eigenvalue weighted by Gasteiger charge is 2.22. The Hall–Kier alpha value is -1.11. The monoisotopic (exact) mass is 275 g/mol. The zero-order valence-electron chi connectivity index (χ0n) is 9.48. The number of aliphatic hydroxyl groups excluding tert-OH is 1. The Morgan fingerprint density at radius 1 is 1.33 bits per heavy atom. The van der Waals surface area contributed by atoms with Crippen LogP contribution in [0.1, 0.15) is 12.8 Å². The molecule has 1 aromatic carbocycles. The maximum atomic E-state index is 10.3. The molecule has 0 aromatic heterocycles. The first-order valence-electron chi connectivity index (χ1n) is 5.45. The molecule has 0 fully saturated rings. The topological polar surface area (TPSA) is 88.5 Å². The standard InChI is InChI=1S/C10H14NO6P/c12-10(17-18(13)14)6-3-7-11-15-8-4-1-2-5-9(8)16-11/h1-2,4-5,10,12,18H,3,6-7H2,(H,13,14). The molecular weight excluding hydrogens is 261 g/mol. The van der Waals surface area contributed by atoms with E-state index in [4.69, 9.17) is 14.6 Å². The summed E-state index contributed by atoms with van der Waals surface area (Å²) in [5.74, 6) is 1.27. The number of para-hydroxylation sites is 2. The molecule has 2 atom stereocenters. The van der Waals surface area contributed by atoms with Crippen LogP contribution < -0.4 is 9.68 Å². The highest BCUT2D eigenvalue weighted by atomic mass is 31.1.